The molecule has 0 unspecified atom stereocenters. The summed E-state index contributed by atoms with van der Waals surface area (Å²) in [6.07, 6.45) is 5.37. The van der Waals surface area contributed by atoms with E-state index in [2.05, 4.69) is 0 Å². The number of phenolic OH excluding ortho intramolecular Hbond substituents is 2. The molecule has 0 aliphatic heterocycles. The molecule has 0 atom stereocenters. The maximum atomic E-state index is 11.4. The summed E-state index contributed by atoms with van der Waals surface area (Å²) < 4.78 is 4.99. The van der Waals surface area contributed by atoms with E-state index >= 15 is 0 Å². The van der Waals surface area contributed by atoms with E-state index in [-0.39, 0.29) is 11.5 Å². The van der Waals surface area contributed by atoms with Crippen molar-refractivity contribution < 1.29 is 19.7 Å². The summed E-state index contributed by atoms with van der Waals surface area (Å²) in [4.78, 5) is 11.4. The average Bonchev–Trinajstić information content (AvgIpc) is 2.31. The van der Waals surface area contributed by atoms with Crippen molar-refractivity contribution in [3.63, 3.8) is 0 Å². The van der Waals surface area contributed by atoms with Gasteiger partial charge in [-0.05, 0) is 43.2 Å². The molecule has 4 nitrogen and oxygen atoms in total. The van der Waals surface area contributed by atoms with Crippen LogP contribution in [0.2, 0.25) is 0 Å². The lowest BCUT2D eigenvalue weighted by Crippen LogP contribution is -1.97. The van der Waals surface area contributed by atoms with Gasteiger partial charge in [-0.3, -0.25) is 0 Å². The quantitative estimate of drug-likeness (QED) is 0.372. The highest BCUT2D eigenvalue weighted by Gasteiger charge is 2.00. The standard InChI is InChI=1S/C14H16O4/c1-3-4-10(2)18-14(17)8-6-11-5-7-12(15)13(16)9-11/h4-9,15-16H,3H2,1-2H3/b8-6+,10-4?. The van der Waals surface area contributed by atoms with Crippen molar-refractivity contribution in [2.75, 3.05) is 0 Å². The van der Waals surface area contributed by atoms with Crippen LogP contribution in [0.25, 0.3) is 6.08 Å². The normalized spacial score (nSPS) is 11.8. The van der Waals surface area contributed by atoms with Crippen LogP contribution in [-0.4, -0.2) is 16.2 Å². The Kier molecular flexibility index (Phi) is 4.99. The molecule has 0 saturated carbocycles. The summed E-state index contributed by atoms with van der Waals surface area (Å²) in [6.45, 7) is 3.66. The molecule has 0 aliphatic carbocycles. The van der Waals surface area contributed by atoms with Gasteiger partial charge in [0.05, 0.1) is 0 Å². The third-order valence-corrected chi connectivity index (χ3v) is 2.16. The summed E-state index contributed by atoms with van der Waals surface area (Å²) in [5, 5.41) is 18.4. The fourth-order valence-corrected chi connectivity index (χ4v) is 1.33. The second-order valence-corrected chi connectivity index (χ2v) is 3.73. The zero-order valence-corrected chi connectivity index (χ0v) is 10.4. The molecule has 0 fully saturated rings. The van der Waals surface area contributed by atoms with Crippen molar-refractivity contribution in [1.29, 1.82) is 0 Å². The van der Waals surface area contributed by atoms with Gasteiger partial charge in [-0.2, -0.15) is 0 Å². The Morgan fingerprint density at radius 3 is 2.67 bits per heavy atom. The highest BCUT2D eigenvalue weighted by Crippen LogP contribution is 2.25. The summed E-state index contributed by atoms with van der Waals surface area (Å²) in [7, 11) is 0. The number of ether oxygens (including phenoxy) is 1. The van der Waals surface area contributed by atoms with Crippen LogP contribution in [0.5, 0.6) is 11.5 Å². The van der Waals surface area contributed by atoms with Gasteiger partial charge in [0.1, 0.15) is 5.76 Å². The van der Waals surface area contributed by atoms with Gasteiger partial charge in [-0.25, -0.2) is 4.79 Å². The molecule has 1 aromatic carbocycles. The van der Waals surface area contributed by atoms with E-state index in [1.807, 2.05) is 6.92 Å². The van der Waals surface area contributed by atoms with Crippen molar-refractivity contribution >= 4 is 12.0 Å². The Morgan fingerprint density at radius 1 is 1.33 bits per heavy atom. The fraction of sp³-hybridized carbons (Fsp3) is 0.214. The highest BCUT2D eigenvalue weighted by atomic mass is 16.5. The first-order chi connectivity index (χ1) is 8.52. The van der Waals surface area contributed by atoms with E-state index in [1.54, 1.807) is 19.1 Å². The molecule has 0 radical (unpaired) electrons. The first kappa shape index (κ1) is 13.8. The lowest BCUT2D eigenvalue weighted by Gasteiger charge is -2.00. The number of carbonyl (C=O) groups excluding carboxylic acids is 1. The predicted molar refractivity (Wildman–Crippen MR) is 68.9 cm³/mol. The van der Waals surface area contributed by atoms with Crippen molar-refractivity contribution in [1.82, 2.24) is 0 Å². The van der Waals surface area contributed by atoms with Gasteiger partial charge in [0.2, 0.25) is 0 Å². The van der Waals surface area contributed by atoms with E-state index in [9.17, 15) is 9.90 Å². The van der Waals surface area contributed by atoms with Gasteiger partial charge >= 0.3 is 5.97 Å². The van der Waals surface area contributed by atoms with E-state index in [0.29, 0.717) is 11.3 Å². The molecule has 0 aliphatic rings. The molecule has 96 valence electrons. The molecule has 0 bridgehead atoms. The first-order valence-corrected chi connectivity index (χ1v) is 5.61. The van der Waals surface area contributed by atoms with Crippen molar-refractivity contribution in [2.24, 2.45) is 0 Å². The Hall–Kier alpha value is -2.23. The fourth-order valence-electron chi connectivity index (χ4n) is 1.33. The van der Waals surface area contributed by atoms with Crippen LogP contribution in [0.1, 0.15) is 25.8 Å². The number of aromatic hydroxyl groups is 2. The lowest BCUT2D eigenvalue weighted by atomic mass is 10.2. The molecule has 18 heavy (non-hydrogen) atoms. The minimum atomic E-state index is -0.482. The molecule has 1 rings (SSSR count). The zero-order valence-electron chi connectivity index (χ0n) is 10.4. The zero-order chi connectivity index (χ0) is 13.5. The van der Waals surface area contributed by atoms with Crippen LogP contribution in [0.4, 0.5) is 0 Å². The van der Waals surface area contributed by atoms with E-state index in [0.717, 1.165) is 6.42 Å². The van der Waals surface area contributed by atoms with Crippen molar-refractivity contribution in [3.05, 3.63) is 41.7 Å². The van der Waals surface area contributed by atoms with Gasteiger partial charge in [0.15, 0.2) is 11.5 Å². The SMILES string of the molecule is CCC=C(C)OC(=O)/C=C/c1ccc(O)c(O)c1. The Labute approximate surface area is 106 Å². The van der Waals surface area contributed by atoms with E-state index < -0.39 is 5.97 Å². The van der Waals surface area contributed by atoms with Gasteiger partial charge < -0.3 is 14.9 Å². The second kappa shape index (κ2) is 6.49. The topological polar surface area (TPSA) is 66.8 Å². The third-order valence-electron chi connectivity index (χ3n) is 2.16. The molecule has 0 heterocycles. The number of benzene rings is 1. The molecule has 0 spiro atoms. The van der Waals surface area contributed by atoms with Gasteiger partial charge in [0, 0.05) is 6.08 Å². The smallest absolute Gasteiger partial charge is 0.335 e. The highest BCUT2D eigenvalue weighted by molar-refractivity contribution is 5.87. The minimum absolute atomic E-state index is 0.198. The van der Waals surface area contributed by atoms with Crippen LogP contribution in [-0.2, 0) is 9.53 Å². The molecular weight excluding hydrogens is 232 g/mol. The average molecular weight is 248 g/mol. The summed E-state index contributed by atoms with van der Waals surface area (Å²) >= 11 is 0. The number of hydrogen-bond donors (Lipinski definition) is 2. The predicted octanol–water partition coefficient (Wildman–Crippen LogP) is 2.97. The van der Waals surface area contributed by atoms with Gasteiger partial charge in [-0.1, -0.05) is 13.0 Å². The monoisotopic (exact) mass is 248 g/mol. The van der Waals surface area contributed by atoms with E-state index in [1.165, 1.54) is 24.3 Å². The number of allylic oxidation sites excluding steroid dienone is 2. The molecule has 0 aromatic heterocycles. The number of rotatable bonds is 4. The Morgan fingerprint density at radius 2 is 2.06 bits per heavy atom. The number of esters is 1. The van der Waals surface area contributed by atoms with Gasteiger partial charge in [0.25, 0.3) is 0 Å². The van der Waals surface area contributed by atoms with Crippen LogP contribution in [0.15, 0.2) is 36.1 Å². The first-order valence-electron chi connectivity index (χ1n) is 5.61. The van der Waals surface area contributed by atoms with Crippen LogP contribution in [0, 0.1) is 0 Å². The van der Waals surface area contributed by atoms with Crippen LogP contribution >= 0.6 is 0 Å². The van der Waals surface area contributed by atoms with Crippen molar-refractivity contribution in [3.8, 4) is 11.5 Å². The Bertz CT molecular complexity index is 487. The number of phenols is 2. The maximum absolute atomic E-state index is 11.4. The summed E-state index contributed by atoms with van der Waals surface area (Å²) in [6, 6.07) is 4.28. The Balaban J connectivity index is 2.66. The molecule has 1 aromatic rings. The minimum Gasteiger partial charge on any atom is -0.504 e. The third kappa shape index (κ3) is 4.33. The van der Waals surface area contributed by atoms with Crippen LogP contribution in [0.3, 0.4) is 0 Å². The van der Waals surface area contributed by atoms with Crippen LogP contribution < -0.4 is 0 Å². The lowest BCUT2D eigenvalue weighted by molar-refractivity contribution is -0.133. The summed E-state index contributed by atoms with van der Waals surface area (Å²) in [5.74, 6) is -0.352. The van der Waals surface area contributed by atoms with E-state index in [4.69, 9.17) is 9.84 Å². The molecule has 2 N–H and O–H groups in total. The molecule has 0 saturated heterocycles. The number of carbonyl (C=O) groups is 1. The molecular formula is C14H16O4. The largest absolute Gasteiger partial charge is 0.504 e. The van der Waals surface area contributed by atoms with Gasteiger partial charge in [-0.15, -0.1) is 0 Å². The molecule has 4 heteroatoms. The second-order valence-electron chi connectivity index (χ2n) is 3.73. The molecule has 0 amide bonds. The van der Waals surface area contributed by atoms with Crippen molar-refractivity contribution in [2.45, 2.75) is 20.3 Å². The summed E-state index contributed by atoms with van der Waals surface area (Å²) in [5.41, 5.74) is 0.597. The number of hydrogen-bond acceptors (Lipinski definition) is 4. The maximum Gasteiger partial charge on any atom is 0.335 e.